The highest BCUT2D eigenvalue weighted by Crippen LogP contribution is 2.23. The molecule has 0 aromatic heterocycles. The summed E-state index contributed by atoms with van der Waals surface area (Å²) in [7, 11) is 0. The number of hydrogen-bond donors (Lipinski definition) is 1. The molecule has 2 saturated heterocycles. The molecule has 186 valence electrons. The van der Waals surface area contributed by atoms with Crippen molar-refractivity contribution in [2.24, 2.45) is 0 Å². The molecule has 2 fully saturated rings. The number of nitrogens with zero attached hydrogens (tertiary/aromatic N) is 4. The molecule has 10 nitrogen and oxygen atoms in total. The average molecular weight is 490 g/mol. The van der Waals surface area contributed by atoms with Crippen molar-refractivity contribution in [3.05, 3.63) is 65.7 Å². The van der Waals surface area contributed by atoms with Crippen LogP contribution in [0.4, 0.5) is 5.69 Å². The molecule has 0 saturated carbocycles. The summed E-state index contributed by atoms with van der Waals surface area (Å²) in [5.74, 6) is -2.22. The standard InChI is InChI=1S/C26H27N5O5/c32-22(29-14-12-28(13-15-29)18-6-2-1-3-7-18)16-21-24(34)27-10-11-30(21)23(33)17-31-25(35)19-8-4-5-9-20(19)26(31)36/h1-9,21H,10-17H2,(H,27,34)/t21-/m1/s1. The van der Waals surface area contributed by atoms with E-state index in [1.165, 1.54) is 4.90 Å². The van der Waals surface area contributed by atoms with E-state index < -0.39 is 36.2 Å². The highest BCUT2D eigenvalue weighted by Gasteiger charge is 2.41. The summed E-state index contributed by atoms with van der Waals surface area (Å²) in [6.45, 7) is 2.36. The zero-order valence-corrected chi connectivity index (χ0v) is 19.8. The molecule has 1 N–H and O–H groups in total. The van der Waals surface area contributed by atoms with E-state index in [9.17, 15) is 24.0 Å². The van der Waals surface area contributed by atoms with Gasteiger partial charge in [-0.3, -0.25) is 28.9 Å². The number of amides is 5. The van der Waals surface area contributed by atoms with E-state index in [4.69, 9.17) is 0 Å². The largest absolute Gasteiger partial charge is 0.368 e. The maximum atomic E-state index is 13.2. The first-order valence-corrected chi connectivity index (χ1v) is 12.0. The summed E-state index contributed by atoms with van der Waals surface area (Å²) < 4.78 is 0. The molecular formula is C26H27N5O5. The number of fused-ring (bicyclic) bond motifs is 1. The molecule has 36 heavy (non-hydrogen) atoms. The molecule has 3 heterocycles. The van der Waals surface area contributed by atoms with Gasteiger partial charge in [0.2, 0.25) is 17.7 Å². The summed E-state index contributed by atoms with van der Waals surface area (Å²) in [6, 6.07) is 15.4. The van der Waals surface area contributed by atoms with Crippen molar-refractivity contribution >= 4 is 35.2 Å². The quantitative estimate of drug-likeness (QED) is 0.607. The molecule has 0 bridgehead atoms. The van der Waals surface area contributed by atoms with Crippen LogP contribution in [0.5, 0.6) is 0 Å². The molecule has 1 atom stereocenters. The van der Waals surface area contributed by atoms with Crippen LogP contribution in [0.1, 0.15) is 27.1 Å². The lowest BCUT2D eigenvalue weighted by Crippen LogP contribution is -2.60. The second-order valence-corrected chi connectivity index (χ2v) is 9.04. The lowest BCUT2D eigenvalue weighted by Gasteiger charge is -2.39. The summed E-state index contributed by atoms with van der Waals surface area (Å²) in [4.78, 5) is 70.4. The lowest BCUT2D eigenvalue weighted by atomic mass is 10.1. The molecule has 10 heteroatoms. The van der Waals surface area contributed by atoms with Crippen LogP contribution >= 0.6 is 0 Å². The maximum Gasteiger partial charge on any atom is 0.262 e. The Bertz CT molecular complexity index is 1170. The molecule has 0 unspecified atom stereocenters. The van der Waals surface area contributed by atoms with Gasteiger partial charge >= 0.3 is 0 Å². The fraction of sp³-hybridized carbons (Fsp3) is 0.346. The minimum absolute atomic E-state index is 0.148. The number of imide groups is 1. The number of anilines is 1. The molecule has 0 aliphatic carbocycles. The monoisotopic (exact) mass is 489 g/mol. The number of rotatable bonds is 5. The molecule has 3 aliphatic heterocycles. The third kappa shape index (κ3) is 4.41. The van der Waals surface area contributed by atoms with Gasteiger partial charge in [-0.25, -0.2) is 0 Å². The first kappa shape index (κ1) is 23.5. The van der Waals surface area contributed by atoms with Crippen LogP contribution in [0.15, 0.2) is 54.6 Å². The van der Waals surface area contributed by atoms with Crippen molar-refractivity contribution in [3.8, 4) is 0 Å². The summed E-state index contributed by atoms with van der Waals surface area (Å²) >= 11 is 0. The number of carbonyl (C=O) groups excluding carboxylic acids is 5. The number of carbonyl (C=O) groups is 5. The van der Waals surface area contributed by atoms with Crippen LogP contribution < -0.4 is 10.2 Å². The SMILES string of the molecule is O=C1NCCN(C(=O)CN2C(=O)c3ccccc3C2=O)[C@@H]1CC(=O)N1CCN(c2ccccc2)CC1. The number of nitrogens with one attached hydrogen (secondary N) is 1. The van der Waals surface area contributed by atoms with Crippen LogP contribution in [0.3, 0.4) is 0 Å². The van der Waals surface area contributed by atoms with Crippen molar-refractivity contribution in [2.75, 3.05) is 50.7 Å². The Morgan fingerprint density at radius 1 is 0.778 bits per heavy atom. The van der Waals surface area contributed by atoms with Gasteiger partial charge in [0.15, 0.2) is 0 Å². The third-order valence-electron chi connectivity index (χ3n) is 6.94. The number of hydrogen-bond acceptors (Lipinski definition) is 6. The minimum Gasteiger partial charge on any atom is -0.368 e. The van der Waals surface area contributed by atoms with E-state index in [1.807, 2.05) is 30.3 Å². The van der Waals surface area contributed by atoms with Gasteiger partial charge in [-0.15, -0.1) is 0 Å². The average Bonchev–Trinajstić information content (AvgIpc) is 3.15. The van der Waals surface area contributed by atoms with Crippen LogP contribution in [0.25, 0.3) is 0 Å². The van der Waals surface area contributed by atoms with Gasteiger partial charge < -0.3 is 20.0 Å². The Kier molecular flexibility index (Phi) is 6.41. The molecule has 0 radical (unpaired) electrons. The van der Waals surface area contributed by atoms with Gasteiger partial charge in [-0.1, -0.05) is 30.3 Å². The number of benzene rings is 2. The molecule has 2 aromatic carbocycles. The summed E-state index contributed by atoms with van der Waals surface area (Å²) in [6.07, 6.45) is -0.148. The number of para-hydroxylation sites is 1. The van der Waals surface area contributed by atoms with Gasteiger partial charge in [0.05, 0.1) is 17.5 Å². The zero-order valence-electron chi connectivity index (χ0n) is 19.8. The smallest absolute Gasteiger partial charge is 0.262 e. The van der Waals surface area contributed by atoms with Gasteiger partial charge in [-0.2, -0.15) is 0 Å². The molecule has 5 rings (SSSR count). The molecular weight excluding hydrogens is 462 g/mol. The van der Waals surface area contributed by atoms with Crippen LogP contribution in [-0.2, 0) is 14.4 Å². The van der Waals surface area contributed by atoms with Gasteiger partial charge in [0.25, 0.3) is 11.8 Å². The van der Waals surface area contributed by atoms with Crippen LogP contribution in [0, 0.1) is 0 Å². The predicted octanol–water partition coefficient (Wildman–Crippen LogP) is 0.349. The fourth-order valence-electron chi connectivity index (χ4n) is 4.97. The van der Waals surface area contributed by atoms with Crippen LogP contribution in [-0.4, -0.2) is 96.1 Å². The minimum atomic E-state index is -0.985. The van der Waals surface area contributed by atoms with Crippen molar-refractivity contribution < 1.29 is 24.0 Å². The van der Waals surface area contributed by atoms with E-state index in [0.717, 1.165) is 10.6 Å². The van der Waals surface area contributed by atoms with Gasteiger partial charge in [0, 0.05) is 45.0 Å². The third-order valence-corrected chi connectivity index (χ3v) is 6.94. The Labute approximate surface area is 208 Å². The van der Waals surface area contributed by atoms with Crippen molar-refractivity contribution in [3.63, 3.8) is 0 Å². The second-order valence-electron chi connectivity index (χ2n) is 9.04. The maximum absolute atomic E-state index is 13.2. The van der Waals surface area contributed by atoms with E-state index in [-0.39, 0.29) is 36.5 Å². The van der Waals surface area contributed by atoms with Gasteiger partial charge in [0.1, 0.15) is 12.6 Å². The van der Waals surface area contributed by atoms with E-state index in [2.05, 4.69) is 10.2 Å². The van der Waals surface area contributed by atoms with E-state index in [1.54, 1.807) is 29.2 Å². The first-order chi connectivity index (χ1) is 17.4. The molecule has 0 spiro atoms. The van der Waals surface area contributed by atoms with E-state index >= 15 is 0 Å². The van der Waals surface area contributed by atoms with Crippen molar-refractivity contribution in [1.82, 2.24) is 20.0 Å². The molecule has 2 aromatic rings. The Morgan fingerprint density at radius 3 is 2.03 bits per heavy atom. The second kappa shape index (κ2) is 9.80. The predicted molar refractivity (Wildman–Crippen MR) is 130 cm³/mol. The van der Waals surface area contributed by atoms with Gasteiger partial charge in [-0.05, 0) is 24.3 Å². The summed E-state index contributed by atoms with van der Waals surface area (Å²) in [5.41, 5.74) is 1.61. The van der Waals surface area contributed by atoms with Crippen molar-refractivity contribution in [2.45, 2.75) is 12.5 Å². The lowest BCUT2D eigenvalue weighted by molar-refractivity contribution is -0.147. The molecule has 3 aliphatic rings. The highest BCUT2D eigenvalue weighted by molar-refractivity contribution is 6.22. The Balaban J connectivity index is 1.22. The number of piperazine rings is 2. The Morgan fingerprint density at radius 2 is 1.39 bits per heavy atom. The first-order valence-electron chi connectivity index (χ1n) is 12.0. The normalized spacial score (nSPS) is 19.9. The topological polar surface area (TPSA) is 110 Å². The van der Waals surface area contributed by atoms with Crippen LogP contribution in [0.2, 0.25) is 0 Å². The summed E-state index contributed by atoms with van der Waals surface area (Å²) in [5, 5.41) is 2.72. The molecule has 5 amide bonds. The zero-order chi connectivity index (χ0) is 25.2. The fourth-order valence-corrected chi connectivity index (χ4v) is 4.97. The highest BCUT2D eigenvalue weighted by atomic mass is 16.2. The Hall–Kier alpha value is -4.21. The van der Waals surface area contributed by atoms with Crippen molar-refractivity contribution in [1.29, 1.82) is 0 Å². The van der Waals surface area contributed by atoms with E-state index in [0.29, 0.717) is 26.2 Å².